The molecule has 43 heavy (non-hydrogen) atoms. The summed E-state index contributed by atoms with van der Waals surface area (Å²) >= 11 is 0. The second kappa shape index (κ2) is 14.6. The smallest absolute Gasteiger partial charge is 0.321 e. The molecule has 3 heterocycles. The maximum Gasteiger partial charge on any atom is 0.321 e. The van der Waals surface area contributed by atoms with Gasteiger partial charge in [-0.2, -0.15) is 0 Å². The largest absolute Gasteiger partial charge is 0.493 e. The molecule has 5 rings (SSSR count). The molecular formula is C32H44N6O5. The number of urea groups is 1. The summed E-state index contributed by atoms with van der Waals surface area (Å²) in [6, 6.07) is 11.3. The van der Waals surface area contributed by atoms with E-state index < -0.39 is 0 Å². The van der Waals surface area contributed by atoms with Crippen molar-refractivity contribution in [2.24, 2.45) is 5.73 Å². The van der Waals surface area contributed by atoms with E-state index in [1.165, 1.54) is 0 Å². The Bertz CT molecular complexity index is 1350. The van der Waals surface area contributed by atoms with Gasteiger partial charge in [0, 0.05) is 81.3 Å². The van der Waals surface area contributed by atoms with E-state index in [1.54, 1.807) is 7.11 Å². The number of ether oxygens (including phenoxy) is 4. The predicted molar refractivity (Wildman–Crippen MR) is 169 cm³/mol. The Labute approximate surface area is 253 Å². The third-order valence-electron chi connectivity index (χ3n) is 7.76. The summed E-state index contributed by atoms with van der Waals surface area (Å²) in [5, 5.41) is 3.96. The summed E-state index contributed by atoms with van der Waals surface area (Å²) in [7, 11) is 1.66. The number of aromatic nitrogens is 1. The molecule has 0 spiro atoms. The molecule has 2 saturated heterocycles. The normalized spacial score (nSPS) is 16.0. The molecule has 2 aromatic carbocycles. The minimum absolute atomic E-state index is 0.0984. The predicted octanol–water partition coefficient (Wildman–Crippen LogP) is 3.94. The van der Waals surface area contributed by atoms with Crippen LogP contribution >= 0.6 is 0 Å². The van der Waals surface area contributed by atoms with Crippen LogP contribution in [0, 0.1) is 0 Å². The van der Waals surface area contributed by atoms with Gasteiger partial charge in [0.15, 0.2) is 11.5 Å². The Hall–Kier alpha value is -3.80. The van der Waals surface area contributed by atoms with Crippen LogP contribution in [0.3, 0.4) is 0 Å². The average molecular weight is 593 g/mol. The number of piperazine rings is 1. The summed E-state index contributed by atoms with van der Waals surface area (Å²) in [5.74, 6) is 2.13. The van der Waals surface area contributed by atoms with E-state index in [1.807, 2.05) is 61.3 Å². The second-order valence-electron chi connectivity index (χ2n) is 11.1. The number of benzene rings is 2. The van der Waals surface area contributed by atoms with E-state index >= 15 is 0 Å². The molecule has 1 aromatic heterocycles. The molecule has 2 aliphatic rings. The number of nitrogens with zero attached hydrogens (tertiary/aromatic N) is 4. The third-order valence-corrected chi connectivity index (χ3v) is 7.76. The fourth-order valence-corrected chi connectivity index (χ4v) is 5.54. The van der Waals surface area contributed by atoms with Gasteiger partial charge in [-0.15, -0.1) is 0 Å². The maximum absolute atomic E-state index is 13.0. The molecule has 2 aliphatic heterocycles. The van der Waals surface area contributed by atoms with Crippen molar-refractivity contribution >= 4 is 28.3 Å². The highest BCUT2D eigenvalue weighted by Crippen LogP contribution is 2.38. The molecule has 0 saturated carbocycles. The zero-order valence-corrected chi connectivity index (χ0v) is 25.5. The van der Waals surface area contributed by atoms with Crippen LogP contribution in [0.5, 0.6) is 17.2 Å². The van der Waals surface area contributed by atoms with Gasteiger partial charge in [0.1, 0.15) is 5.75 Å². The van der Waals surface area contributed by atoms with Gasteiger partial charge in [0.25, 0.3) is 0 Å². The first-order valence-corrected chi connectivity index (χ1v) is 15.2. The molecular weight excluding hydrogens is 548 g/mol. The molecule has 2 amide bonds. The number of methoxy groups -OCH3 is 1. The third kappa shape index (κ3) is 7.78. The van der Waals surface area contributed by atoms with Crippen LogP contribution in [-0.4, -0.2) is 99.7 Å². The molecule has 0 atom stereocenters. The lowest BCUT2D eigenvalue weighted by molar-refractivity contribution is 0.0357. The first kappa shape index (κ1) is 30.7. The van der Waals surface area contributed by atoms with E-state index in [0.29, 0.717) is 50.8 Å². The molecule has 0 radical (unpaired) electrons. The lowest BCUT2D eigenvalue weighted by Gasteiger charge is -2.37. The van der Waals surface area contributed by atoms with E-state index in [0.717, 1.165) is 72.9 Å². The molecule has 11 nitrogen and oxygen atoms in total. The molecule has 232 valence electrons. The molecule has 2 fully saturated rings. The van der Waals surface area contributed by atoms with Gasteiger partial charge < -0.3 is 39.8 Å². The summed E-state index contributed by atoms with van der Waals surface area (Å²) in [5.41, 5.74) is 9.72. The zero-order chi connectivity index (χ0) is 30.2. The Morgan fingerprint density at radius 3 is 2.47 bits per heavy atom. The van der Waals surface area contributed by atoms with Gasteiger partial charge in [-0.05, 0) is 50.6 Å². The lowest BCUT2D eigenvalue weighted by Crippen LogP contribution is -2.50. The molecule has 3 N–H and O–H groups in total. The van der Waals surface area contributed by atoms with Crippen LogP contribution < -0.4 is 30.2 Å². The van der Waals surface area contributed by atoms with Crippen LogP contribution in [0.15, 0.2) is 42.6 Å². The molecule has 0 unspecified atom stereocenters. The van der Waals surface area contributed by atoms with Gasteiger partial charge in [0.05, 0.1) is 44.2 Å². The number of morpholine rings is 1. The molecule has 0 aliphatic carbocycles. The molecule has 3 aromatic rings. The first-order chi connectivity index (χ1) is 20.9. The fourth-order valence-electron chi connectivity index (χ4n) is 5.54. The van der Waals surface area contributed by atoms with E-state index in [4.69, 9.17) is 29.7 Å². The number of nitrogens with one attached hydrogen (secondary N) is 1. The van der Waals surface area contributed by atoms with Crippen LogP contribution in [-0.2, 0) is 11.3 Å². The fraction of sp³-hybridized carbons (Fsp3) is 0.500. The SMILES string of the molecule is COc1cc2c(N3CCN(C(=O)Nc4ccc(OC(C)C)cc4)CC3)c(CN)cnc2cc1OCCCN1CCOCC1. The Kier molecular flexibility index (Phi) is 10.4. The van der Waals surface area contributed by atoms with Crippen molar-refractivity contribution in [3.05, 3.63) is 48.2 Å². The van der Waals surface area contributed by atoms with E-state index in [9.17, 15) is 4.79 Å². The first-order valence-electron chi connectivity index (χ1n) is 15.2. The summed E-state index contributed by atoms with van der Waals surface area (Å²) in [6.45, 7) is 11.9. The number of carbonyl (C=O) groups is 1. The number of rotatable bonds is 11. The minimum Gasteiger partial charge on any atom is -0.493 e. The van der Waals surface area contributed by atoms with Crippen molar-refractivity contribution < 1.29 is 23.7 Å². The summed E-state index contributed by atoms with van der Waals surface area (Å²) in [6.07, 6.45) is 2.86. The van der Waals surface area contributed by atoms with Crippen molar-refractivity contribution in [1.82, 2.24) is 14.8 Å². The number of hydrogen-bond acceptors (Lipinski definition) is 9. The number of anilines is 2. The van der Waals surface area contributed by atoms with Crippen LogP contribution in [0.25, 0.3) is 10.9 Å². The number of amides is 2. The van der Waals surface area contributed by atoms with Crippen LogP contribution in [0.2, 0.25) is 0 Å². The number of nitrogens with two attached hydrogens (primary N) is 1. The van der Waals surface area contributed by atoms with E-state index in [-0.39, 0.29) is 12.1 Å². The Balaban J connectivity index is 1.23. The van der Waals surface area contributed by atoms with Crippen molar-refractivity contribution in [1.29, 1.82) is 0 Å². The summed E-state index contributed by atoms with van der Waals surface area (Å²) in [4.78, 5) is 24.3. The van der Waals surface area contributed by atoms with Gasteiger partial charge in [-0.1, -0.05) is 0 Å². The Morgan fingerprint density at radius 1 is 1.05 bits per heavy atom. The highest BCUT2D eigenvalue weighted by Gasteiger charge is 2.25. The average Bonchev–Trinajstić information content (AvgIpc) is 3.03. The second-order valence-corrected chi connectivity index (χ2v) is 11.1. The van der Waals surface area contributed by atoms with Gasteiger partial charge in [-0.3, -0.25) is 9.88 Å². The standard InChI is InChI=1S/C32H44N6O5/c1-23(2)43-26-7-5-25(6-8-26)35-32(39)38-12-10-37(11-13-38)31-24(21-33)22-34-28-20-30(29(40-3)19-27(28)31)42-16-4-9-36-14-17-41-18-15-36/h5-8,19-20,22-23H,4,9-18,21,33H2,1-3H3,(H,35,39). The summed E-state index contributed by atoms with van der Waals surface area (Å²) < 4.78 is 23.0. The molecule has 11 heteroatoms. The van der Waals surface area contributed by atoms with Crippen molar-refractivity contribution in [2.75, 3.05) is 83.0 Å². The van der Waals surface area contributed by atoms with Gasteiger partial charge in [0.2, 0.25) is 0 Å². The van der Waals surface area contributed by atoms with Crippen LogP contribution in [0.4, 0.5) is 16.2 Å². The highest BCUT2D eigenvalue weighted by molar-refractivity contribution is 5.96. The zero-order valence-electron chi connectivity index (χ0n) is 25.5. The lowest BCUT2D eigenvalue weighted by atomic mass is 10.1. The van der Waals surface area contributed by atoms with Gasteiger partial charge in [-0.25, -0.2) is 4.79 Å². The highest BCUT2D eigenvalue weighted by atomic mass is 16.5. The number of hydrogen-bond donors (Lipinski definition) is 2. The monoisotopic (exact) mass is 592 g/mol. The molecule has 0 bridgehead atoms. The van der Waals surface area contributed by atoms with E-state index in [2.05, 4.69) is 15.1 Å². The number of fused-ring (bicyclic) bond motifs is 1. The van der Waals surface area contributed by atoms with Crippen LogP contribution in [0.1, 0.15) is 25.8 Å². The number of carbonyl (C=O) groups excluding carboxylic acids is 1. The minimum atomic E-state index is -0.118. The van der Waals surface area contributed by atoms with Crippen molar-refractivity contribution in [2.45, 2.75) is 32.9 Å². The topological polar surface area (TPSA) is 115 Å². The van der Waals surface area contributed by atoms with Crippen molar-refractivity contribution in [3.8, 4) is 17.2 Å². The Morgan fingerprint density at radius 2 is 1.79 bits per heavy atom. The quantitative estimate of drug-likeness (QED) is 0.320. The maximum atomic E-state index is 13.0. The van der Waals surface area contributed by atoms with Gasteiger partial charge >= 0.3 is 6.03 Å². The number of pyridine rings is 1. The van der Waals surface area contributed by atoms with Crippen molar-refractivity contribution in [3.63, 3.8) is 0 Å².